The summed E-state index contributed by atoms with van der Waals surface area (Å²) in [6.45, 7) is 1.08. The van der Waals surface area contributed by atoms with Crippen LogP contribution in [0.25, 0.3) is 0 Å². The minimum Gasteiger partial charge on any atom is -0.494 e. The quantitative estimate of drug-likeness (QED) is 0.517. The van der Waals surface area contributed by atoms with Crippen molar-refractivity contribution in [2.24, 2.45) is 0 Å². The number of carbonyl (C=O) groups is 2. The third-order valence-electron chi connectivity index (χ3n) is 3.07. The minimum absolute atomic E-state index is 0.0662. The molecule has 0 spiro atoms. The van der Waals surface area contributed by atoms with Crippen LogP contribution in [0.3, 0.4) is 0 Å². The number of nitrogens with zero attached hydrogens (tertiary/aromatic N) is 1. The Hall–Kier alpha value is -2.04. The number of amides is 1. The maximum absolute atomic E-state index is 11.9. The van der Waals surface area contributed by atoms with E-state index in [1.165, 1.54) is 7.11 Å². The molecule has 0 aromatic heterocycles. The van der Waals surface area contributed by atoms with Gasteiger partial charge in [-0.1, -0.05) is 18.2 Å². The lowest BCUT2D eigenvalue weighted by Crippen LogP contribution is -2.28. The lowest BCUT2D eigenvalue weighted by Gasteiger charge is -2.16. The molecule has 5 heteroatoms. The summed E-state index contributed by atoms with van der Waals surface area (Å²) < 4.78 is 10.1. The average Bonchev–Trinajstić information content (AvgIpc) is 2.52. The van der Waals surface area contributed by atoms with Crippen LogP contribution in [0.2, 0.25) is 0 Å². The smallest absolute Gasteiger partial charge is 0.305 e. The molecule has 0 fully saturated rings. The molecule has 1 amide bonds. The van der Waals surface area contributed by atoms with Crippen molar-refractivity contribution < 1.29 is 19.1 Å². The molecule has 1 aromatic rings. The second kappa shape index (κ2) is 9.80. The van der Waals surface area contributed by atoms with E-state index in [9.17, 15) is 9.59 Å². The van der Waals surface area contributed by atoms with Gasteiger partial charge in [-0.15, -0.1) is 0 Å². The molecular weight excluding hydrogens is 270 g/mol. The first-order valence-electron chi connectivity index (χ1n) is 7.12. The van der Waals surface area contributed by atoms with Crippen LogP contribution in [0, 0.1) is 0 Å². The van der Waals surface area contributed by atoms with E-state index < -0.39 is 0 Å². The largest absolute Gasteiger partial charge is 0.494 e. The Bertz CT molecular complexity index is 433. The van der Waals surface area contributed by atoms with Gasteiger partial charge in [-0.2, -0.15) is 0 Å². The Labute approximate surface area is 125 Å². The molecule has 0 saturated carbocycles. The molecule has 0 saturated heterocycles. The Morgan fingerprint density at radius 2 is 1.81 bits per heavy atom. The average molecular weight is 293 g/mol. The van der Waals surface area contributed by atoms with Gasteiger partial charge in [-0.25, -0.2) is 0 Å². The van der Waals surface area contributed by atoms with E-state index in [1.807, 2.05) is 30.3 Å². The Morgan fingerprint density at radius 1 is 1.10 bits per heavy atom. The first-order chi connectivity index (χ1) is 10.1. The maximum Gasteiger partial charge on any atom is 0.305 e. The summed E-state index contributed by atoms with van der Waals surface area (Å²) in [6.07, 6.45) is 2.08. The number of hydrogen-bond donors (Lipinski definition) is 0. The summed E-state index contributed by atoms with van der Waals surface area (Å²) in [5.41, 5.74) is 0. The van der Waals surface area contributed by atoms with Gasteiger partial charge in [0.2, 0.25) is 5.91 Å². The number of hydrogen-bond acceptors (Lipinski definition) is 4. The van der Waals surface area contributed by atoms with E-state index >= 15 is 0 Å². The number of methoxy groups -OCH3 is 1. The zero-order valence-electron chi connectivity index (χ0n) is 12.7. The summed E-state index contributed by atoms with van der Waals surface area (Å²) in [4.78, 5) is 24.5. The minimum atomic E-state index is -0.243. The summed E-state index contributed by atoms with van der Waals surface area (Å²) in [6, 6.07) is 9.53. The predicted octanol–water partition coefficient (Wildman–Crippen LogP) is 2.26. The summed E-state index contributed by atoms with van der Waals surface area (Å²) in [5, 5.41) is 0. The van der Waals surface area contributed by atoms with Gasteiger partial charge < -0.3 is 14.4 Å². The summed E-state index contributed by atoms with van der Waals surface area (Å²) in [5.74, 6) is 0.639. The van der Waals surface area contributed by atoms with Crippen molar-refractivity contribution in [1.29, 1.82) is 0 Å². The van der Waals surface area contributed by atoms with E-state index in [4.69, 9.17) is 4.74 Å². The molecule has 0 aliphatic rings. The maximum atomic E-state index is 11.9. The molecule has 0 aliphatic heterocycles. The van der Waals surface area contributed by atoms with Crippen molar-refractivity contribution in [3.8, 4) is 5.75 Å². The zero-order chi connectivity index (χ0) is 15.5. The number of ether oxygens (including phenoxy) is 2. The van der Waals surface area contributed by atoms with Crippen LogP contribution >= 0.6 is 0 Å². The van der Waals surface area contributed by atoms with Crippen LogP contribution in [0.5, 0.6) is 5.75 Å². The topological polar surface area (TPSA) is 55.8 Å². The molecule has 1 aromatic carbocycles. The first kappa shape index (κ1) is 17.0. The van der Waals surface area contributed by atoms with Crippen LogP contribution in [-0.4, -0.2) is 44.1 Å². The lowest BCUT2D eigenvalue weighted by molar-refractivity contribution is -0.141. The lowest BCUT2D eigenvalue weighted by atomic mass is 10.2. The fourth-order valence-electron chi connectivity index (χ4n) is 1.81. The van der Waals surface area contributed by atoms with Crippen molar-refractivity contribution in [2.45, 2.75) is 25.7 Å². The second-order valence-electron chi connectivity index (χ2n) is 4.76. The van der Waals surface area contributed by atoms with Gasteiger partial charge in [-0.05, 0) is 25.0 Å². The first-order valence-corrected chi connectivity index (χ1v) is 7.12. The second-order valence-corrected chi connectivity index (χ2v) is 4.76. The van der Waals surface area contributed by atoms with Crippen LogP contribution in [0.1, 0.15) is 25.7 Å². The van der Waals surface area contributed by atoms with Crippen LogP contribution in [0.4, 0.5) is 0 Å². The Kier molecular flexibility index (Phi) is 7.94. The Morgan fingerprint density at radius 3 is 2.48 bits per heavy atom. The molecule has 21 heavy (non-hydrogen) atoms. The normalized spacial score (nSPS) is 10.0. The van der Waals surface area contributed by atoms with Gasteiger partial charge in [0.25, 0.3) is 0 Å². The van der Waals surface area contributed by atoms with Gasteiger partial charge in [-0.3, -0.25) is 9.59 Å². The number of rotatable bonds is 9. The number of para-hydroxylation sites is 1. The van der Waals surface area contributed by atoms with Crippen molar-refractivity contribution >= 4 is 11.9 Å². The molecular formula is C16H23NO4. The number of benzene rings is 1. The van der Waals surface area contributed by atoms with Crippen LogP contribution < -0.4 is 4.74 Å². The van der Waals surface area contributed by atoms with E-state index in [1.54, 1.807) is 11.9 Å². The molecule has 0 radical (unpaired) electrons. The monoisotopic (exact) mass is 293 g/mol. The molecule has 0 N–H and O–H groups in total. The third kappa shape index (κ3) is 7.34. The van der Waals surface area contributed by atoms with Crippen molar-refractivity contribution in [3.05, 3.63) is 30.3 Å². The van der Waals surface area contributed by atoms with Crippen molar-refractivity contribution in [1.82, 2.24) is 4.90 Å². The van der Waals surface area contributed by atoms with Gasteiger partial charge in [0.05, 0.1) is 13.7 Å². The highest BCUT2D eigenvalue weighted by Crippen LogP contribution is 2.09. The van der Waals surface area contributed by atoms with E-state index in [-0.39, 0.29) is 11.9 Å². The van der Waals surface area contributed by atoms with Crippen molar-refractivity contribution in [2.75, 3.05) is 27.3 Å². The fraction of sp³-hybridized carbons (Fsp3) is 0.500. The molecule has 0 bridgehead atoms. The molecule has 1 rings (SSSR count). The van der Waals surface area contributed by atoms with Crippen LogP contribution in [0.15, 0.2) is 30.3 Å². The fourth-order valence-corrected chi connectivity index (χ4v) is 1.81. The summed E-state index contributed by atoms with van der Waals surface area (Å²) >= 11 is 0. The third-order valence-corrected chi connectivity index (χ3v) is 3.07. The van der Waals surface area contributed by atoms with Crippen LogP contribution in [-0.2, 0) is 14.3 Å². The van der Waals surface area contributed by atoms with Gasteiger partial charge in [0.15, 0.2) is 0 Å². The van der Waals surface area contributed by atoms with E-state index in [0.717, 1.165) is 5.75 Å². The van der Waals surface area contributed by atoms with E-state index in [0.29, 0.717) is 38.8 Å². The molecule has 0 atom stereocenters. The van der Waals surface area contributed by atoms with Gasteiger partial charge in [0, 0.05) is 26.4 Å². The molecule has 0 unspecified atom stereocenters. The standard InChI is InChI=1S/C16H23NO4/c1-17(12-6-11-16(19)20-2)15(18)10-7-13-21-14-8-4-3-5-9-14/h3-5,8-9H,6-7,10-13H2,1-2H3. The number of esters is 1. The predicted molar refractivity (Wildman–Crippen MR) is 80.1 cm³/mol. The number of carbonyl (C=O) groups excluding carboxylic acids is 2. The highest BCUT2D eigenvalue weighted by Gasteiger charge is 2.09. The van der Waals surface area contributed by atoms with E-state index in [2.05, 4.69) is 4.74 Å². The zero-order valence-corrected chi connectivity index (χ0v) is 12.7. The molecule has 0 aliphatic carbocycles. The highest BCUT2D eigenvalue weighted by molar-refractivity contribution is 5.76. The van der Waals surface area contributed by atoms with Crippen molar-refractivity contribution in [3.63, 3.8) is 0 Å². The van der Waals surface area contributed by atoms with Gasteiger partial charge in [0.1, 0.15) is 5.75 Å². The molecule has 0 heterocycles. The molecule has 116 valence electrons. The summed E-state index contributed by atoms with van der Waals surface area (Å²) in [7, 11) is 3.11. The highest BCUT2D eigenvalue weighted by atomic mass is 16.5. The SMILES string of the molecule is COC(=O)CCCN(C)C(=O)CCCOc1ccccc1. The Balaban J connectivity index is 2.11. The van der Waals surface area contributed by atoms with Gasteiger partial charge >= 0.3 is 5.97 Å². The molecule has 5 nitrogen and oxygen atoms in total.